The van der Waals surface area contributed by atoms with E-state index >= 15 is 0 Å². The number of hydrogen-bond donors (Lipinski definition) is 0. The lowest BCUT2D eigenvalue weighted by atomic mass is 10.2. The molecule has 2 aromatic rings. The third-order valence-electron chi connectivity index (χ3n) is 3.29. The fraction of sp³-hybridized carbons (Fsp3) is 0.375. The summed E-state index contributed by atoms with van der Waals surface area (Å²) >= 11 is 0. The van der Waals surface area contributed by atoms with E-state index in [0.717, 1.165) is 17.1 Å². The molecule has 0 fully saturated rings. The summed E-state index contributed by atoms with van der Waals surface area (Å²) in [6.45, 7) is 3.88. The summed E-state index contributed by atoms with van der Waals surface area (Å²) < 4.78 is 16.2. The molecule has 1 heterocycles. The predicted molar refractivity (Wildman–Crippen MR) is 85.7 cm³/mol. The molecule has 6 nitrogen and oxygen atoms in total. The third-order valence-corrected chi connectivity index (χ3v) is 3.29. The van der Waals surface area contributed by atoms with E-state index < -0.39 is 0 Å². The van der Waals surface area contributed by atoms with Crippen molar-refractivity contribution in [2.24, 2.45) is 0 Å². The van der Waals surface area contributed by atoms with E-state index in [1.807, 2.05) is 31.9 Å². The van der Waals surface area contributed by atoms with E-state index in [-0.39, 0.29) is 0 Å². The van der Waals surface area contributed by atoms with Crippen LogP contribution in [0.5, 0.6) is 17.2 Å². The number of anilines is 2. The zero-order chi connectivity index (χ0) is 16.3. The highest BCUT2D eigenvalue weighted by Crippen LogP contribution is 2.42. The van der Waals surface area contributed by atoms with Crippen LogP contribution in [0.1, 0.15) is 11.4 Å². The Balaban J connectivity index is 2.58. The van der Waals surface area contributed by atoms with Crippen molar-refractivity contribution in [3.63, 3.8) is 0 Å². The van der Waals surface area contributed by atoms with Gasteiger partial charge < -0.3 is 19.1 Å². The number of nitrogens with zero attached hydrogens (tertiary/aromatic N) is 3. The Hall–Kier alpha value is -2.50. The van der Waals surface area contributed by atoms with Crippen LogP contribution in [0.2, 0.25) is 0 Å². The maximum Gasteiger partial charge on any atom is 0.230 e. The van der Waals surface area contributed by atoms with Gasteiger partial charge in [0.1, 0.15) is 22.9 Å². The standard InChI is InChI=1S/C16H21N3O3/c1-10-7-11(2)18-16(17-10)19(3)15-13(21-5)8-12(20-4)9-14(15)22-6/h7-9H,1-6H3. The Morgan fingerprint density at radius 1 is 0.818 bits per heavy atom. The highest BCUT2D eigenvalue weighted by molar-refractivity contribution is 5.74. The first-order valence-corrected chi connectivity index (χ1v) is 6.86. The zero-order valence-corrected chi connectivity index (χ0v) is 13.8. The van der Waals surface area contributed by atoms with Crippen LogP contribution >= 0.6 is 0 Å². The fourth-order valence-corrected chi connectivity index (χ4v) is 2.28. The molecule has 0 saturated heterocycles. The molecule has 0 aliphatic rings. The van der Waals surface area contributed by atoms with Crippen LogP contribution in [0.3, 0.4) is 0 Å². The number of benzene rings is 1. The molecule has 0 unspecified atom stereocenters. The number of hydrogen-bond acceptors (Lipinski definition) is 6. The molecule has 1 aromatic heterocycles. The van der Waals surface area contributed by atoms with Gasteiger partial charge in [0, 0.05) is 30.6 Å². The second-order valence-corrected chi connectivity index (χ2v) is 4.89. The first kappa shape index (κ1) is 15.9. The van der Waals surface area contributed by atoms with Gasteiger partial charge in [0.2, 0.25) is 5.95 Å². The third kappa shape index (κ3) is 3.05. The topological polar surface area (TPSA) is 56.7 Å². The molecule has 0 atom stereocenters. The fourth-order valence-electron chi connectivity index (χ4n) is 2.28. The van der Waals surface area contributed by atoms with Crippen molar-refractivity contribution in [1.82, 2.24) is 9.97 Å². The Morgan fingerprint density at radius 2 is 1.32 bits per heavy atom. The molecular weight excluding hydrogens is 282 g/mol. The van der Waals surface area contributed by atoms with Gasteiger partial charge in [0.05, 0.1) is 21.3 Å². The van der Waals surface area contributed by atoms with Crippen LogP contribution in [0, 0.1) is 13.8 Å². The SMILES string of the molecule is COc1cc(OC)c(N(C)c2nc(C)cc(C)n2)c(OC)c1. The molecule has 0 aliphatic heterocycles. The minimum atomic E-state index is 0.583. The quantitative estimate of drug-likeness (QED) is 0.846. The first-order valence-electron chi connectivity index (χ1n) is 6.86. The van der Waals surface area contributed by atoms with Crippen LogP contribution in [-0.4, -0.2) is 38.3 Å². The number of methoxy groups -OCH3 is 3. The van der Waals surface area contributed by atoms with E-state index in [2.05, 4.69) is 9.97 Å². The Morgan fingerprint density at radius 3 is 1.73 bits per heavy atom. The Kier molecular flexibility index (Phi) is 4.70. The molecule has 22 heavy (non-hydrogen) atoms. The molecule has 0 saturated carbocycles. The summed E-state index contributed by atoms with van der Waals surface area (Å²) in [6, 6.07) is 5.54. The van der Waals surface area contributed by atoms with Gasteiger partial charge in [-0.3, -0.25) is 0 Å². The highest BCUT2D eigenvalue weighted by atomic mass is 16.5. The minimum Gasteiger partial charge on any atom is -0.496 e. The lowest BCUT2D eigenvalue weighted by molar-refractivity contribution is 0.376. The minimum absolute atomic E-state index is 0.583. The van der Waals surface area contributed by atoms with E-state index in [1.165, 1.54) is 0 Å². The number of rotatable bonds is 5. The largest absolute Gasteiger partial charge is 0.496 e. The lowest BCUT2D eigenvalue weighted by Crippen LogP contribution is -2.16. The van der Waals surface area contributed by atoms with Gasteiger partial charge in [-0.25, -0.2) is 9.97 Å². The smallest absolute Gasteiger partial charge is 0.230 e. The lowest BCUT2D eigenvalue weighted by Gasteiger charge is -2.23. The summed E-state index contributed by atoms with van der Waals surface area (Å²) in [7, 11) is 6.69. The second kappa shape index (κ2) is 6.51. The summed E-state index contributed by atoms with van der Waals surface area (Å²) in [5, 5.41) is 0. The van der Waals surface area contributed by atoms with Crippen molar-refractivity contribution in [2.45, 2.75) is 13.8 Å². The van der Waals surface area contributed by atoms with Crippen LogP contribution in [-0.2, 0) is 0 Å². The molecular formula is C16H21N3O3. The van der Waals surface area contributed by atoms with Gasteiger partial charge in [-0.2, -0.15) is 0 Å². The van der Waals surface area contributed by atoms with Crippen LogP contribution in [0.4, 0.5) is 11.6 Å². The van der Waals surface area contributed by atoms with Crippen molar-refractivity contribution in [3.05, 3.63) is 29.6 Å². The maximum absolute atomic E-state index is 5.48. The molecule has 118 valence electrons. The molecule has 0 amide bonds. The monoisotopic (exact) mass is 303 g/mol. The van der Waals surface area contributed by atoms with Crippen molar-refractivity contribution in [3.8, 4) is 17.2 Å². The molecule has 0 aliphatic carbocycles. The maximum atomic E-state index is 5.48. The molecule has 2 rings (SSSR count). The van der Waals surface area contributed by atoms with E-state index in [0.29, 0.717) is 23.2 Å². The van der Waals surface area contributed by atoms with Crippen LogP contribution in [0.25, 0.3) is 0 Å². The van der Waals surface area contributed by atoms with Gasteiger partial charge in [0.15, 0.2) is 0 Å². The molecule has 0 radical (unpaired) electrons. The van der Waals surface area contributed by atoms with Gasteiger partial charge in [-0.15, -0.1) is 0 Å². The van der Waals surface area contributed by atoms with Gasteiger partial charge >= 0.3 is 0 Å². The Bertz CT molecular complexity index is 628. The molecule has 6 heteroatoms. The second-order valence-electron chi connectivity index (χ2n) is 4.89. The summed E-state index contributed by atoms with van der Waals surface area (Å²) in [4.78, 5) is 10.8. The normalized spacial score (nSPS) is 10.3. The van der Waals surface area contributed by atoms with Crippen molar-refractivity contribution in [1.29, 1.82) is 0 Å². The molecule has 1 aromatic carbocycles. The molecule has 0 N–H and O–H groups in total. The van der Waals surface area contributed by atoms with Crippen molar-refractivity contribution in [2.75, 3.05) is 33.3 Å². The molecule has 0 bridgehead atoms. The van der Waals surface area contributed by atoms with Crippen LogP contribution in [0.15, 0.2) is 18.2 Å². The average Bonchev–Trinajstić information content (AvgIpc) is 2.51. The summed E-state index contributed by atoms with van der Waals surface area (Å²) in [5.41, 5.74) is 2.55. The van der Waals surface area contributed by atoms with E-state index in [4.69, 9.17) is 14.2 Å². The zero-order valence-electron chi connectivity index (χ0n) is 13.8. The predicted octanol–water partition coefficient (Wildman–Crippen LogP) is 2.89. The number of aryl methyl sites for hydroxylation is 2. The highest BCUT2D eigenvalue weighted by Gasteiger charge is 2.20. The van der Waals surface area contributed by atoms with E-state index in [1.54, 1.807) is 33.5 Å². The van der Waals surface area contributed by atoms with Gasteiger partial charge in [-0.05, 0) is 19.9 Å². The average molecular weight is 303 g/mol. The van der Waals surface area contributed by atoms with Gasteiger partial charge in [-0.1, -0.05) is 0 Å². The summed E-state index contributed by atoms with van der Waals surface area (Å²) in [6.07, 6.45) is 0. The van der Waals surface area contributed by atoms with E-state index in [9.17, 15) is 0 Å². The first-order chi connectivity index (χ1) is 10.5. The number of aromatic nitrogens is 2. The van der Waals surface area contributed by atoms with Crippen LogP contribution < -0.4 is 19.1 Å². The molecule has 0 spiro atoms. The Labute approximate surface area is 130 Å². The number of ether oxygens (including phenoxy) is 3. The van der Waals surface area contributed by atoms with Crippen molar-refractivity contribution >= 4 is 11.6 Å². The van der Waals surface area contributed by atoms with Gasteiger partial charge in [0.25, 0.3) is 0 Å². The summed E-state index contributed by atoms with van der Waals surface area (Å²) in [5.74, 6) is 2.49. The van der Waals surface area contributed by atoms with Crippen molar-refractivity contribution < 1.29 is 14.2 Å².